The minimum atomic E-state index is -0.837. The molecule has 0 saturated carbocycles. The largest absolute Gasteiger partial charge is 0.456 e. The molecule has 0 aromatic heterocycles. The zero-order valence-corrected chi connectivity index (χ0v) is 16.7. The first-order chi connectivity index (χ1) is 14.2. The van der Waals surface area contributed by atoms with E-state index in [-0.39, 0.29) is 12.0 Å². The molecule has 4 N–H and O–H groups in total. The van der Waals surface area contributed by atoms with E-state index in [1.807, 2.05) is 0 Å². The summed E-state index contributed by atoms with van der Waals surface area (Å²) in [4.78, 5) is 35.3. The van der Waals surface area contributed by atoms with Crippen LogP contribution in [0.2, 0.25) is 5.02 Å². The molecule has 0 aliphatic rings. The number of carbonyl (C=O) groups is 3. The Morgan fingerprint density at radius 3 is 2.37 bits per heavy atom. The van der Waals surface area contributed by atoms with E-state index in [2.05, 4.69) is 10.6 Å². The van der Waals surface area contributed by atoms with Gasteiger partial charge < -0.3 is 21.1 Å². The second kappa shape index (κ2) is 10.5. The van der Waals surface area contributed by atoms with Crippen LogP contribution in [0.15, 0.2) is 42.5 Å². The van der Waals surface area contributed by atoms with Crippen molar-refractivity contribution >= 4 is 29.5 Å². The highest BCUT2D eigenvalue weighted by atomic mass is 35.5. The number of hydrogen-bond acceptors (Lipinski definition) is 4. The van der Waals surface area contributed by atoms with Crippen molar-refractivity contribution in [1.29, 1.82) is 0 Å². The number of carbonyl (C=O) groups excluding carboxylic acids is 3. The molecule has 7 nitrogen and oxygen atoms in total. The van der Waals surface area contributed by atoms with Crippen LogP contribution < -0.4 is 16.4 Å². The Bertz CT molecular complexity index is 925. The SMILES string of the molecule is CC(NC(=O)COC(=O)CC(NC(N)=O)c1ccc(Cl)cc1)c1ccc(F)cc1F. The lowest BCUT2D eigenvalue weighted by Crippen LogP contribution is -2.35. The minimum absolute atomic E-state index is 0.0875. The van der Waals surface area contributed by atoms with E-state index in [9.17, 15) is 23.2 Å². The molecule has 0 saturated heterocycles. The zero-order valence-electron chi connectivity index (χ0n) is 16.0. The fourth-order valence-electron chi connectivity index (χ4n) is 2.70. The molecule has 10 heteroatoms. The Balaban J connectivity index is 1.90. The molecule has 30 heavy (non-hydrogen) atoms. The predicted octanol–water partition coefficient (Wildman–Crippen LogP) is 3.14. The summed E-state index contributed by atoms with van der Waals surface area (Å²) < 4.78 is 31.7. The highest BCUT2D eigenvalue weighted by Crippen LogP contribution is 2.20. The second-order valence-electron chi connectivity index (χ2n) is 6.43. The molecule has 0 radical (unpaired) electrons. The Morgan fingerprint density at radius 2 is 1.77 bits per heavy atom. The lowest BCUT2D eigenvalue weighted by atomic mass is 10.0. The van der Waals surface area contributed by atoms with E-state index in [0.29, 0.717) is 16.7 Å². The third-order valence-corrected chi connectivity index (χ3v) is 4.38. The first-order valence-corrected chi connectivity index (χ1v) is 9.25. The van der Waals surface area contributed by atoms with Gasteiger partial charge in [-0.1, -0.05) is 29.8 Å². The van der Waals surface area contributed by atoms with Crippen molar-refractivity contribution in [3.8, 4) is 0 Å². The summed E-state index contributed by atoms with van der Waals surface area (Å²) in [7, 11) is 0. The number of benzene rings is 2. The van der Waals surface area contributed by atoms with Crippen LogP contribution in [-0.4, -0.2) is 24.5 Å². The standard InChI is InChI=1S/C20H20ClF2N3O4/c1-11(15-7-6-14(22)8-16(15)23)25-18(27)10-30-19(28)9-17(26-20(24)29)12-2-4-13(21)5-3-12/h2-8,11,17H,9-10H2,1H3,(H,25,27)(H3,24,26,29). The number of primary amides is 1. The molecule has 160 valence electrons. The van der Waals surface area contributed by atoms with Gasteiger partial charge in [-0.3, -0.25) is 9.59 Å². The summed E-state index contributed by atoms with van der Waals surface area (Å²) in [5.41, 5.74) is 5.80. The molecule has 2 unspecified atom stereocenters. The summed E-state index contributed by atoms with van der Waals surface area (Å²) >= 11 is 5.83. The number of nitrogens with one attached hydrogen (secondary N) is 2. The van der Waals surface area contributed by atoms with Gasteiger partial charge in [-0.2, -0.15) is 0 Å². The Kier molecular flexibility index (Phi) is 8.11. The number of halogens is 3. The van der Waals surface area contributed by atoms with Crippen LogP contribution in [0.5, 0.6) is 0 Å². The lowest BCUT2D eigenvalue weighted by Gasteiger charge is -2.18. The molecule has 2 atom stereocenters. The van der Waals surface area contributed by atoms with Gasteiger partial charge in [-0.05, 0) is 30.7 Å². The van der Waals surface area contributed by atoms with Crippen molar-refractivity contribution in [2.45, 2.75) is 25.4 Å². The van der Waals surface area contributed by atoms with Gasteiger partial charge in [0.15, 0.2) is 6.61 Å². The van der Waals surface area contributed by atoms with Crippen LogP contribution in [0.1, 0.15) is 36.6 Å². The van der Waals surface area contributed by atoms with Gasteiger partial charge in [0.05, 0.1) is 18.5 Å². The number of rotatable bonds is 8. The van der Waals surface area contributed by atoms with E-state index in [1.165, 1.54) is 13.0 Å². The molecule has 0 spiro atoms. The van der Waals surface area contributed by atoms with E-state index in [0.717, 1.165) is 6.07 Å². The van der Waals surface area contributed by atoms with Crippen LogP contribution in [0.4, 0.5) is 13.6 Å². The number of nitrogens with two attached hydrogens (primary N) is 1. The molecular weight excluding hydrogens is 420 g/mol. The molecule has 2 rings (SSSR count). The van der Waals surface area contributed by atoms with Crippen LogP contribution in [0.3, 0.4) is 0 Å². The highest BCUT2D eigenvalue weighted by molar-refractivity contribution is 6.30. The predicted molar refractivity (Wildman–Crippen MR) is 105 cm³/mol. The maximum Gasteiger partial charge on any atom is 0.312 e. The molecule has 3 amide bonds. The van der Waals surface area contributed by atoms with Crippen LogP contribution >= 0.6 is 11.6 Å². The van der Waals surface area contributed by atoms with Gasteiger partial charge >= 0.3 is 12.0 Å². The van der Waals surface area contributed by atoms with Gasteiger partial charge in [0, 0.05) is 16.7 Å². The summed E-state index contributed by atoms with van der Waals surface area (Å²) in [6.45, 7) is 0.888. The quantitative estimate of drug-likeness (QED) is 0.549. The number of esters is 1. The van der Waals surface area contributed by atoms with Crippen molar-refractivity contribution < 1.29 is 27.9 Å². The third-order valence-electron chi connectivity index (χ3n) is 4.13. The summed E-state index contributed by atoms with van der Waals surface area (Å²) in [6, 6.07) is 7.01. The normalized spacial score (nSPS) is 12.5. The summed E-state index contributed by atoms with van der Waals surface area (Å²) in [6.07, 6.45) is -0.278. The average molecular weight is 440 g/mol. The molecule has 0 heterocycles. The fraction of sp³-hybridized carbons (Fsp3) is 0.250. The fourth-order valence-corrected chi connectivity index (χ4v) is 2.83. The van der Waals surface area contributed by atoms with E-state index >= 15 is 0 Å². The minimum Gasteiger partial charge on any atom is -0.456 e. The molecule has 2 aromatic rings. The van der Waals surface area contributed by atoms with Crippen molar-refractivity contribution in [2.75, 3.05) is 6.61 Å². The topological polar surface area (TPSA) is 111 Å². The van der Waals surface area contributed by atoms with Gasteiger partial charge in [0.25, 0.3) is 5.91 Å². The van der Waals surface area contributed by atoms with E-state index in [4.69, 9.17) is 22.1 Å². The molecule has 0 aliphatic carbocycles. The lowest BCUT2D eigenvalue weighted by molar-refractivity contribution is -0.149. The average Bonchev–Trinajstić information content (AvgIpc) is 2.66. The first-order valence-electron chi connectivity index (χ1n) is 8.87. The Hall–Kier alpha value is -3.20. The van der Waals surface area contributed by atoms with Crippen molar-refractivity contribution in [3.63, 3.8) is 0 Å². The summed E-state index contributed by atoms with van der Waals surface area (Å²) in [5.74, 6) is -2.98. The second-order valence-corrected chi connectivity index (χ2v) is 6.87. The highest BCUT2D eigenvalue weighted by Gasteiger charge is 2.20. The third kappa shape index (κ3) is 7.00. The number of ether oxygens (including phenoxy) is 1. The smallest absolute Gasteiger partial charge is 0.312 e. The van der Waals surface area contributed by atoms with E-state index < -0.39 is 48.2 Å². The first kappa shape index (κ1) is 23.1. The van der Waals surface area contributed by atoms with Gasteiger partial charge in [-0.25, -0.2) is 13.6 Å². The van der Waals surface area contributed by atoms with Gasteiger partial charge in [-0.15, -0.1) is 0 Å². The van der Waals surface area contributed by atoms with Crippen LogP contribution in [0, 0.1) is 11.6 Å². The Labute approximate surface area is 176 Å². The number of amides is 3. The van der Waals surface area contributed by atoms with Crippen molar-refractivity contribution in [2.24, 2.45) is 5.73 Å². The van der Waals surface area contributed by atoms with Crippen LogP contribution in [0.25, 0.3) is 0 Å². The molecule has 0 bridgehead atoms. The summed E-state index contributed by atoms with van der Waals surface area (Å²) in [5, 5.41) is 5.35. The zero-order chi connectivity index (χ0) is 22.3. The maximum atomic E-state index is 13.8. The molecule has 0 fully saturated rings. The van der Waals surface area contributed by atoms with E-state index in [1.54, 1.807) is 24.3 Å². The molecule has 2 aromatic carbocycles. The number of urea groups is 1. The maximum absolute atomic E-state index is 13.8. The molecular formula is C20H20ClF2N3O4. The number of hydrogen-bond donors (Lipinski definition) is 3. The van der Waals surface area contributed by atoms with Gasteiger partial charge in [0.1, 0.15) is 11.6 Å². The monoisotopic (exact) mass is 439 g/mol. The Morgan fingerprint density at radius 1 is 1.10 bits per heavy atom. The van der Waals surface area contributed by atoms with Crippen molar-refractivity contribution in [3.05, 3.63) is 70.2 Å². The van der Waals surface area contributed by atoms with Crippen LogP contribution in [-0.2, 0) is 14.3 Å². The molecule has 0 aliphatic heterocycles. The van der Waals surface area contributed by atoms with Crippen molar-refractivity contribution in [1.82, 2.24) is 10.6 Å². The van der Waals surface area contributed by atoms with Gasteiger partial charge in [0.2, 0.25) is 0 Å².